The van der Waals surface area contributed by atoms with Gasteiger partial charge in [-0.15, -0.1) is 0 Å². The Balaban J connectivity index is -0.000000165. The van der Waals surface area contributed by atoms with Crippen LogP contribution in [-0.2, 0) is 26.5 Å². The van der Waals surface area contributed by atoms with Gasteiger partial charge in [0.25, 0.3) is 0 Å². The smallest absolute Gasteiger partial charge is 0.0428 e. The molecule has 0 fully saturated rings. The first kappa shape index (κ1) is 43.2. The zero-order valence-electron chi connectivity index (χ0n) is 22.7. The van der Waals surface area contributed by atoms with Gasteiger partial charge in [0.1, 0.15) is 0 Å². The maximum absolute atomic E-state index is 10.2. The molecule has 0 aliphatic carbocycles. The average Bonchev–Trinajstić information content (AvgIpc) is 2.81. The number of hydrogen-bond acceptors (Lipinski definition) is 5. The molecule has 0 spiro atoms. The van der Waals surface area contributed by atoms with Gasteiger partial charge in [-0.1, -0.05) is 118 Å². The predicted molar refractivity (Wildman–Crippen MR) is 137 cm³/mol. The van der Waals surface area contributed by atoms with Crippen molar-refractivity contribution in [1.82, 2.24) is 0 Å². The van der Waals surface area contributed by atoms with Gasteiger partial charge >= 0.3 is 0 Å². The third-order valence-electron chi connectivity index (χ3n) is 4.66. The molecule has 0 aromatic heterocycles. The molecule has 5 nitrogen and oxygen atoms in total. The van der Waals surface area contributed by atoms with Crippen molar-refractivity contribution < 1.29 is 46.9 Å². The summed E-state index contributed by atoms with van der Waals surface area (Å²) in [6.45, 7) is 9.02. The molecule has 0 heterocycles. The molecule has 0 aliphatic heterocycles. The van der Waals surface area contributed by atoms with Gasteiger partial charge < -0.3 is 25.2 Å². The molecule has 0 aromatic carbocycles. The van der Waals surface area contributed by atoms with E-state index < -0.39 is 5.97 Å². The molecule has 0 atom stereocenters. The molecule has 0 aliphatic rings. The number of carbonyl (C=O) groups excluding carboxylic acids is 1. The van der Waals surface area contributed by atoms with Crippen LogP contribution in [0.3, 0.4) is 0 Å². The van der Waals surface area contributed by atoms with E-state index in [0.717, 1.165) is 32.1 Å². The molecule has 6 heteroatoms. The minimum atomic E-state index is -0.903. The van der Waals surface area contributed by atoms with Gasteiger partial charge in [0.05, 0.1) is 0 Å². The van der Waals surface area contributed by atoms with Crippen molar-refractivity contribution in [3.8, 4) is 0 Å². The number of unbranched alkanes of at least 4 members (excludes halogenated alkanes) is 14. The van der Waals surface area contributed by atoms with Crippen LogP contribution in [0, 0.1) is 0 Å². The number of carboxylic acids is 1. The maximum atomic E-state index is 10.2. The van der Waals surface area contributed by atoms with Crippen molar-refractivity contribution >= 4 is 5.97 Å². The monoisotopic (exact) mass is 511 g/mol. The van der Waals surface area contributed by atoms with Gasteiger partial charge in [-0.25, -0.2) is 0 Å². The number of rotatable bonds is 19. The molecule has 202 valence electrons. The summed E-state index contributed by atoms with van der Waals surface area (Å²) >= 11 is 0. The number of carbonyl (C=O) groups is 1. The van der Waals surface area contributed by atoms with Crippen LogP contribution in [-0.4, -0.2) is 41.1 Å². The summed E-state index contributed by atoms with van der Waals surface area (Å²) in [4.78, 5) is 10.2. The van der Waals surface area contributed by atoms with Crippen LogP contribution in [0.5, 0.6) is 0 Å². The molecule has 0 bridgehead atoms. The number of aliphatic hydroxyl groups is 3. The molecular weight excluding hydrogens is 452 g/mol. The van der Waals surface area contributed by atoms with E-state index >= 15 is 0 Å². The van der Waals surface area contributed by atoms with Crippen molar-refractivity contribution in [2.75, 3.05) is 19.8 Å². The second kappa shape index (κ2) is 49.3. The molecule has 0 radical (unpaired) electrons. The fourth-order valence-corrected chi connectivity index (χ4v) is 2.64. The normalized spacial score (nSPS) is 9.30. The summed E-state index contributed by atoms with van der Waals surface area (Å²) in [6, 6.07) is 0. The average molecular weight is 512 g/mol. The van der Waals surface area contributed by atoms with Crippen LogP contribution in [0.1, 0.15) is 150 Å². The standard InChI is InChI=1S/C18H36O2.3C3H8O.Ti/c1-2-3-4-5-6-7-8-9-10-11-12-13-14-15-16-17-18(19)20;3*1-2-3-4;/h2-17H2,1H3,(H,19,20);3*4H,2-3H2,1H3;/p-1. The van der Waals surface area contributed by atoms with E-state index in [9.17, 15) is 9.90 Å². The molecule has 3 N–H and O–H groups in total. The van der Waals surface area contributed by atoms with Crippen molar-refractivity contribution in [3.05, 3.63) is 0 Å². The summed E-state index contributed by atoms with van der Waals surface area (Å²) in [5.41, 5.74) is 0. The molecule has 0 saturated carbocycles. The van der Waals surface area contributed by atoms with E-state index in [0.29, 0.717) is 19.8 Å². The van der Waals surface area contributed by atoms with E-state index in [1.807, 2.05) is 20.8 Å². The van der Waals surface area contributed by atoms with Crippen LogP contribution in [0.25, 0.3) is 0 Å². The SMILES string of the molecule is CCCCCCCCCCCCCCCCCC(=O)[O-].CCCO.CCCO.CCCO.[Ti]. The molecule has 0 aromatic rings. The third-order valence-corrected chi connectivity index (χ3v) is 4.66. The first-order valence-corrected chi connectivity index (χ1v) is 13.5. The molecule has 0 amide bonds. The van der Waals surface area contributed by atoms with E-state index in [1.54, 1.807) is 0 Å². The van der Waals surface area contributed by atoms with Gasteiger partial charge in [-0.05, 0) is 32.1 Å². The van der Waals surface area contributed by atoms with E-state index in [1.165, 1.54) is 83.5 Å². The number of hydrogen-bond donors (Lipinski definition) is 3. The van der Waals surface area contributed by atoms with Crippen LogP contribution in [0.4, 0.5) is 0 Å². The Morgan fingerprint density at radius 1 is 0.485 bits per heavy atom. The van der Waals surface area contributed by atoms with Crippen LogP contribution in [0.15, 0.2) is 0 Å². The van der Waals surface area contributed by atoms with Gasteiger partial charge in [0.2, 0.25) is 0 Å². The van der Waals surface area contributed by atoms with E-state index in [4.69, 9.17) is 15.3 Å². The summed E-state index contributed by atoms with van der Waals surface area (Å²) in [5.74, 6) is -0.903. The maximum Gasteiger partial charge on any atom is 0.0428 e. The quantitative estimate of drug-likeness (QED) is 0.142. The minimum absolute atomic E-state index is 0. The Morgan fingerprint density at radius 3 is 0.879 bits per heavy atom. The van der Waals surface area contributed by atoms with E-state index in [-0.39, 0.29) is 28.1 Å². The Morgan fingerprint density at radius 2 is 0.697 bits per heavy atom. The molecule has 0 unspecified atom stereocenters. The molecule has 33 heavy (non-hydrogen) atoms. The van der Waals surface area contributed by atoms with Crippen LogP contribution >= 0.6 is 0 Å². The first-order chi connectivity index (χ1) is 15.5. The summed E-state index contributed by atoms with van der Waals surface area (Å²) < 4.78 is 0. The fraction of sp³-hybridized carbons (Fsp3) is 0.963. The summed E-state index contributed by atoms with van der Waals surface area (Å²) in [7, 11) is 0. The number of aliphatic carboxylic acids is 1. The van der Waals surface area contributed by atoms with Crippen molar-refractivity contribution in [2.24, 2.45) is 0 Å². The van der Waals surface area contributed by atoms with Crippen molar-refractivity contribution in [3.63, 3.8) is 0 Å². The second-order valence-corrected chi connectivity index (χ2v) is 8.24. The Bertz CT molecular complexity index is 276. The largest absolute Gasteiger partial charge is 0.550 e. The summed E-state index contributed by atoms with van der Waals surface area (Å²) in [6.07, 6.45) is 22.5. The topological polar surface area (TPSA) is 101 Å². The molecule has 0 saturated heterocycles. The zero-order chi connectivity index (χ0) is 25.1. The molecular formula is C27H59O5Ti-. The molecule has 0 rings (SSSR count). The zero-order valence-corrected chi connectivity index (χ0v) is 24.3. The fourth-order valence-electron chi connectivity index (χ4n) is 2.64. The predicted octanol–water partition coefficient (Wildman–Crippen LogP) is 6.16. The minimum Gasteiger partial charge on any atom is -0.550 e. The Hall–Kier alpha value is 0.0643. The second-order valence-electron chi connectivity index (χ2n) is 8.24. The van der Waals surface area contributed by atoms with Gasteiger partial charge in [0.15, 0.2) is 0 Å². The van der Waals surface area contributed by atoms with Gasteiger partial charge in [0, 0.05) is 47.5 Å². The van der Waals surface area contributed by atoms with Gasteiger partial charge in [-0.3, -0.25) is 0 Å². The first-order valence-electron chi connectivity index (χ1n) is 13.5. The third kappa shape index (κ3) is 72.0. The number of aliphatic hydroxyl groups excluding tert-OH is 3. The van der Waals surface area contributed by atoms with Crippen molar-refractivity contribution in [1.29, 1.82) is 0 Å². The van der Waals surface area contributed by atoms with E-state index in [2.05, 4.69) is 6.92 Å². The van der Waals surface area contributed by atoms with Crippen LogP contribution < -0.4 is 5.11 Å². The van der Waals surface area contributed by atoms with Crippen LogP contribution in [0.2, 0.25) is 0 Å². The van der Waals surface area contributed by atoms with Gasteiger partial charge in [-0.2, -0.15) is 0 Å². The van der Waals surface area contributed by atoms with Crippen molar-refractivity contribution in [2.45, 2.75) is 150 Å². The Kier molecular flexibility index (Phi) is 64.4. The summed E-state index contributed by atoms with van der Waals surface area (Å²) in [5, 5.41) is 33.8. The number of carboxylic acid groups (broad SMARTS) is 1. The Labute approximate surface area is 222 Å².